The highest BCUT2D eigenvalue weighted by atomic mass is 127. The third-order valence-corrected chi connectivity index (χ3v) is 3.29. The smallest absolute Gasteiger partial charge is 0.193 e. The van der Waals surface area contributed by atoms with Crippen molar-refractivity contribution >= 4 is 35.6 Å². The number of aryl methyl sites for hydroxylation is 1. The lowest BCUT2D eigenvalue weighted by atomic mass is 10.1. The van der Waals surface area contributed by atoms with E-state index in [-0.39, 0.29) is 29.9 Å². The van der Waals surface area contributed by atoms with Crippen LogP contribution in [0.1, 0.15) is 18.1 Å². The second kappa shape index (κ2) is 9.44. The number of anilines is 1. The summed E-state index contributed by atoms with van der Waals surface area (Å²) >= 11 is 0. The molecule has 6 heteroatoms. The first-order valence-corrected chi connectivity index (χ1v) is 7.18. The first kappa shape index (κ1) is 19.3. The SMILES string of the molecule is CCc1cccc(NC(N)=NCCc2ccc(F)cc2F)c1.I. The predicted molar refractivity (Wildman–Crippen MR) is 101 cm³/mol. The number of benzene rings is 2. The summed E-state index contributed by atoms with van der Waals surface area (Å²) in [7, 11) is 0. The molecule has 0 fully saturated rings. The van der Waals surface area contributed by atoms with Crippen LogP contribution in [0.15, 0.2) is 47.5 Å². The average molecular weight is 431 g/mol. The fraction of sp³-hybridized carbons (Fsp3) is 0.235. The van der Waals surface area contributed by atoms with Crippen LogP contribution in [0.25, 0.3) is 0 Å². The lowest BCUT2D eigenvalue weighted by Gasteiger charge is -2.07. The second-order valence-electron chi connectivity index (χ2n) is 4.93. The van der Waals surface area contributed by atoms with Gasteiger partial charge in [0.05, 0.1) is 0 Å². The van der Waals surface area contributed by atoms with Crippen molar-refractivity contribution in [3.63, 3.8) is 0 Å². The number of guanidine groups is 1. The molecule has 0 radical (unpaired) electrons. The van der Waals surface area contributed by atoms with E-state index in [0.29, 0.717) is 18.5 Å². The lowest BCUT2D eigenvalue weighted by molar-refractivity contribution is 0.572. The minimum atomic E-state index is -0.582. The highest BCUT2D eigenvalue weighted by Crippen LogP contribution is 2.11. The van der Waals surface area contributed by atoms with E-state index < -0.39 is 11.6 Å². The zero-order chi connectivity index (χ0) is 15.9. The van der Waals surface area contributed by atoms with Gasteiger partial charge in [0, 0.05) is 18.3 Å². The van der Waals surface area contributed by atoms with Crippen molar-refractivity contribution in [2.45, 2.75) is 19.8 Å². The molecule has 2 rings (SSSR count). The normalized spacial score (nSPS) is 11.0. The molecular weight excluding hydrogens is 411 g/mol. The summed E-state index contributed by atoms with van der Waals surface area (Å²) in [5.41, 5.74) is 8.30. The molecule has 0 bridgehead atoms. The van der Waals surface area contributed by atoms with Gasteiger partial charge < -0.3 is 11.1 Å². The van der Waals surface area contributed by atoms with E-state index >= 15 is 0 Å². The summed E-state index contributed by atoms with van der Waals surface area (Å²) < 4.78 is 26.3. The number of aliphatic imine (C=N–C) groups is 1. The monoisotopic (exact) mass is 431 g/mol. The maximum absolute atomic E-state index is 13.5. The number of rotatable bonds is 5. The van der Waals surface area contributed by atoms with E-state index in [4.69, 9.17) is 5.73 Å². The highest BCUT2D eigenvalue weighted by Gasteiger charge is 2.03. The maximum atomic E-state index is 13.5. The van der Waals surface area contributed by atoms with Crippen LogP contribution in [-0.2, 0) is 12.8 Å². The Morgan fingerprint density at radius 2 is 1.96 bits per heavy atom. The minimum absolute atomic E-state index is 0. The Balaban J connectivity index is 0.00000264. The van der Waals surface area contributed by atoms with Gasteiger partial charge in [0.1, 0.15) is 11.6 Å². The quantitative estimate of drug-likeness (QED) is 0.425. The summed E-state index contributed by atoms with van der Waals surface area (Å²) in [6, 6.07) is 11.4. The van der Waals surface area contributed by atoms with Crippen molar-refractivity contribution in [1.82, 2.24) is 0 Å². The number of hydrogen-bond acceptors (Lipinski definition) is 1. The van der Waals surface area contributed by atoms with Crippen molar-refractivity contribution < 1.29 is 8.78 Å². The molecule has 0 heterocycles. The first-order chi connectivity index (χ1) is 10.6. The Bertz CT molecular complexity index is 675. The molecule has 0 aliphatic heterocycles. The summed E-state index contributed by atoms with van der Waals surface area (Å²) in [5, 5.41) is 3.00. The Labute approximate surface area is 152 Å². The molecular formula is C17H20F2IN3. The van der Waals surface area contributed by atoms with Crippen molar-refractivity contribution in [2.24, 2.45) is 10.7 Å². The van der Waals surface area contributed by atoms with Crippen molar-refractivity contribution in [2.75, 3.05) is 11.9 Å². The Kier molecular flexibility index (Phi) is 7.94. The molecule has 0 amide bonds. The third kappa shape index (κ3) is 6.13. The van der Waals surface area contributed by atoms with Gasteiger partial charge >= 0.3 is 0 Å². The summed E-state index contributed by atoms with van der Waals surface area (Å²) in [6.45, 7) is 2.41. The van der Waals surface area contributed by atoms with Gasteiger partial charge in [0.15, 0.2) is 5.96 Å². The van der Waals surface area contributed by atoms with Crippen LogP contribution >= 0.6 is 24.0 Å². The van der Waals surface area contributed by atoms with Gasteiger partial charge in [-0.05, 0) is 42.2 Å². The summed E-state index contributed by atoms with van der Waals surface area (Å²) in [6.07, 6.45) is 1.31. The van der Waals surface area contributed by atoms with Gasteiger partial charge in [0.25, 0.3) is 0 Å². The molecule has 0 saturated heterocycles. The molecule has 0 spiro atoms. The Morgan fingerprint density at radius 3 is 2.65 bits per heavy atom. The Hall–Kier alpha value is -1.70. The van der Waals surface area contributed by atoms with E-state index in [1.807, 2.05) is 24.3 Å². The average Bonchev–Trinajstić information content (AvgIpc) is 2.49. The topological polar surface area (TPSA) is 50.4 Å². The maximum Gasteiger partial charge on any atom is 0.193 e. The van der Waals surface area contributed by atoms with E-state index in [1.165, 1.54) is 17.7 Å². The van der Waals surface area contributed by atoms with E-state index in [9.17, 15) is 8.78 Å². The zero-order valence-electron chi connectivity index (χ0n) is 12.9. The van der Waals surface area contributed by atoms with Crippen LogP contribution in [0.5, 0.6) is 0 Å². The van der Waals surface area contributed by atoms with Gasteiger partial charge in [-0.2, -0.15) is 0 Å². The molecule has 2 aromatic carbocycles. The molecule has 0 unspecified atom stereocenters. The molecule has 124 valence electrons. The highest BCUT2D eigenvalue weighted by molar-refractivity contribution is 14.0. The summed E-state index contributed by atoms with van der Waals surface area (Å²) in [4.78, 5) is 4.16. The van der Waals surface area contributed by atoms with Crippen LogP contribution in [-0.4, -0.2) is 12.5 Å². The molecule has 2 aromatic rings. The lowest BCUT2D eigenvalue weighted by Crippen LogP contribution is -2.23. The van der Waals surface area contributed by atoms with Crippen molar-refractivity contribution in [3.8, 4) is 0 Å². The number of halogens is 3. The van der Waals surface area contributed by atoms with Crippen LogP contribution in [0.3, 0.4) is 0 Å². The minimum Gasteiger partial charge on any atom is -0.370 e. The van der Waals surface area contributed by atoms with Crippen molar-refractivity contribution in [1.29, 1.82) is 0 Å². The standard InChI is InChI=1S/C17H19F2N3.HI/c1-2-12-4-3-5-15(10-12)22-17(20)21-9-8-13-6-7-14(18)11-16(13)19;/h3-7,10-11H,2,8-9H2,1H3,(H3,20,21,22);1H. The molecule has 0 aliphatic rings. The van der Waals surface area contributed by atoms with Gasteiger partial charge in [-0.1, -0.05) is 25.1 Å². The van der Waals surface area contributed by atoms with Crippen LogP contribution in [0.4, 0.5) is 14.5 Å². The molecule has 0 saturated carbocycles. The molecule has 0 atom stereocenters. The fourth-order valence-corrected chi connectivity index (χ4v) is 2.08. The van der Waals surface area contributed by atoms with Gasteiger partial charge in [-0.25, -0.2) is 8.78 Å². The number of nitrogens with two attached hydrogens (primary N) is 1. The van der Waals surface area contributed by atoms with Crippen LogP contribution in [0.2, 0.25) is 0 Å². The van der Waals surface area contributed by atoms with Crippen molar-refractivity contribution in [3.05, 3.63) is 65.2 Å². The van der Waals surface area contributed by atoms with E-state index in [0.717, 1.165) is 18.2 Å². The molecule has 0 aliphatic carbocycles. The van der Waals surface area contributed by atoms with Gasteiger partial charge in [0.2, 0.25) is 0 Å². The fourth-order valence-electron chi connectivity index (χ4n) is 2.08. The molecule has 3 N–H and O–H groups in total. The summed E-state index contributed by atoms with van der Waals surface area (Å²) in [5.74, 6) is -0.866. The zero-order valence-corrected chi connectivity index (χ0v) is 15.2. The molecule has 0 aromatic heterocycles. The third-order valence-electron chi connectivity index (χ3n) is 3.29. The van der Waals surface area contributed by atoms with E-state index in [2.05, 4.69) is 17.2 Å². The molecule has 3 nitrogen and oxygen atoms in total. The van der Waals surface area contributed by atoms with Gasteiger partial charge in [-0.3, -0.25) is 4.99 Å². The predicted octanol–water partition coefficient (Wildman–Crippen LogP) is 4.11. The second-order valence-corrected chi connectivity index (χ2v) is 4.93. The van der Waals surface area contributed by atoms with Crippen LogP contribution < -0.4 is 11.1 Å². The number of hydrogen-bond donors (Lipinski definition) is 2. The number of nitrogens with zero attached hydrogens (tertiary/aromatic N) is 1. The van der Waals surface area contributed by atoms with Gasteiger partial charge in [-0.15, -0.1) is 24.0 Å². The Morgan fingerprint density at radius 1 is 1.17 bits per heavy atom. The van der Waals surface area contributed by atoms with Crippen LogP contribution in [0, 0.1) is 11.6 Å². The molecule has 23 heavy (non-hydrogen) atoms. The number of nitrogens with one attached hydrogen (secondary N) is 1. The first-order valence-electron chi connectivity index (χ1n) is 7.18. The largest absolute Gasteiger partial charge is 0.370 e. The van der Waals surface area contributed by atoms with E-state index in [1.54, 1.807) is 0 Å².